The Balaban J connectivity index is 2.18. The summed E-state index contributed by atoms with van der Waals surface area (Å²) in [5.41, 5.74) is 5.41. The zero-order valence-electron chi connectivity index (χ0n) is 11.2. The van der Waals surface area contributed by atoms with Crippen LogP contribution in [0.15, 0.2) is 0 Å². The first-order chi connectivity index (χ1) is 8.13. The number of carbonyl (C=O) groups excluding carboxylic acids is 1. The van der Waals surface area contributed by atoms with Gasteiger partial charge in [-0.15, -0.1) is 0 Å². The Morgan fingerprint density at radius 2 is 1.88 bits per heavy atom. The normalized spacial score (nSPS) is 17.8. The van der Waals surface area contributed by atoms with Crippen molar-refractivity contribution in [3.8, 4) is 0 Å². The summed E-state index contributed by atoms with van der Waals surface area (Å²) in [5.74, 6) is 0.266. The average Bonchev–Trinajstić information content (AvgIpc) is 2.34. The van der Waals surface area contributed by atoms with E-state index in [1.165, 1.54) is 0 Å². The number of amides is 1. The fourth-order valence-electron chi connectivity index (χ4n) is 1.97. The van der Waals surface area contributed by atoms with Gasteiger partial charge in [0.25, 0.3) is 0 Å². The van der Waals surface area contributed by atoms with Crippen LogP contribution < -0.4 is 5.73 Å². The van der Waals surface area contributed by atoms with Crippen LogP contribution in [0.5, 0.6) is 0 Å². The Hall–Kier alpha value is -0.650. The molecule has 1 aliphatic rings. The molecule has 0 aliphatic carbocycles. The van der Waals surface area contributed by atoms with Crippen molar-refractivity contribution in [3.05, 3.63) is 0 Å². The van der Waals surface area contributed by atoms with Crippen molar-refractivity contribution in [3.63, 3.8) is 0 Å². The summed E-state index contributed by atoms with van der Waals surface area (Å²) < 4.78 is 0. The fraction of sp³-hybridized carbons (Fsp3) is 0.917. The van der Waals surface area contributed by atoms with Gasteiger partial charge in [0.2, 0.25) is 5.91 Å². The van der Waals surface area contributed by atoms with Crippen LogP contribution in [0.25, 0.3) is 0 Å². The van der Waals surface area contributed by atoms with Crippen LogP contribution in [-0.2, 0) is 4.79 Å². The maximum absolute atomic E-state index is 11.8. The monoisotopic (exact) mass is 242 g/mol. The van der Waals surface area contributed by atoms with E-state index in [9.17, 15) is 4.79 Å². The van der Waals surface area contributed by atoms with Gasteiger partial charge in [-0.05, 0) is 27.1 Å². The summed E-state index contributed by atoms with van der Waals surface area (Å²) in [7, 11) is 4.18. The van der Waals surface area contributed by atoms with Crippen LogP contribution in [0.3, 0.4) is 0 Å². The SMILES string of the molecule is CN(C)CCN1CCN(C(=O)CCCN)CC1. The number of hydrogen-bond donors (Lipinski definition) is 1. The van der Waals surface area contributed by atoms with Gasteiger partial charge in [-0.3, -0.25) is 9.69 Å². The molecule has 0 saturated carbocycles. The second-order valence-corrected chi connectivity index (χ2v) is 4.92. The molecule has 1 saturated heterocycles. The van der Waals surface area contributed by atoms with E-state index in [1.54, 1.807) is 0 Å². The maximum Gasteiger partial charge on any atom is 0.222 e. The number of rotatable bonds is 6. The van der Waals surface area contributed by atoms with Crippen molar-refractivity contribution in [1.82, 2.24) is 14.7 Å². The number of likely N-dealkylation sites (N-methyl/N-ethyl adjacent to an activating group) is 1. The smallest absolute Gasteiger partial charge is 0.222 e. The van der Waals surface area contributed by atoms with Crippen molar-refractivity contribution in [1.29, 1.82) is 0 Å². The molecule has 0 aromatic heterocycles. The summed E-state index contributed by atoms with van der Waals surface area (Å²) in [6, 6.07) is 0. The van der Waals surface area contributed by atoms with Crippen molar-refractivity contribution < 1.29 is 4.79 Å². The molecule has 1 rings (SSSR count). The summed E-state index contributed by atoms with van der Waals surface area (Å²) in [6.07, 6.45) is 1.41. The minimum Gasteiger partial charge on any atom is -0.340 e. The minimum atomic E-state index is 0.266. The molecule has 0 radical (unpaired) electrons. The lowest BCUT2D eigenvalue weighted by Gasteiger charge is -2.35. The van der Waals surface area contributed by atoms with E-state index in [1.807, 2.05) is 4.90 Å². The molecular formula is C12H26N4O. The van der Waals surface area contributed by atoms with Gasteiger partial charge in [0.1, 0.15) is 0 Å². The highest BCUT2D eigenvalue weighted by molar-refractivity contribution is 5.76. The summed E-state index contributed by atoms with van der Waals surface area (Å²) in [4.78, 5) is 18.4. The molecule has 1 fully saturated rings. The first kappa shape index (κ1) is 14.4. The Kier molecular flexibility index (Phi) is 6.47. The predicted octanol–water partition coefficient (Wildman–Crippen LogP) is -0.569. The highest BCUT2D eigenvalue weighted by Crippen LogP contribution is 2.04. The molecule has 5 nitrogen and oxygen atoms in total. The Labute approximate surface area is 105 Å². The molecule has 0 bridgehead atoms. The van der Waals surface area contributed by atoms with Crippen LogP contribution in [0, 0.1) is 0 Å². The van der Waals surface area contributed by atoms with Crippen molar-refractivity contribution in [2.45, 2.75) is 12.8 Å². The summed E-state index contributed by atoms with van der Waals surface area (Å²) in [5, 5.41) is 0. The van der Waals surface area contributed by atoms with E-state index in [0.29, 0.717) is 13.0 Å². The van der Waals surface area contributed by atoms with Crippen LogP contribution in [0.2, 0.25) is 0 Å². The third-order valence-electron chi connectivity index (χ3n) is 3.18. The zero-order valence-corrected chi connectivity index (χ0v) is 11.2. The molecule has 2 N–H and O–H groups in total. The van der Waals surface area contributed by atoms with Crippen LogP contribution >= 0.6 is 0 Å². The highest BCUT2D eigenvalue weighted by Gasteiger charge is 2.20. The van der Waals surface area contributed by atoms with Gasteiger partial charge in [0.05, 0.1) is 0 Å². The van der Waals surface area contributed by atoms with Crippen LogP contribution in [0.1, 0.15) is 12.8 Å². The standard InChI is InChI=1S/C12H26N4O/c1-14(2)6-7-15-8-10-16(11-9-15)12(17)4-3-5-13/h3-11,13H2,1-2H3. The van der Waals surface area contributed by atoms with E-state index < -0.39 is 0 Å². The topological polar surface area (TPSA) is 52.8 Å². The molecule has 0 aromatic rings. The van der Waals surface area contributed by atoms with Gasteiger partial charge in [-0.2, -0.15) is 0 Å². The number of piperazine rings is 1. The second kappa shape index (κ2) is 7.63. The summed E-state index contributed by atoms with van der Waals surface area (Å²) in [6.45, 7) is 6.53. The van der Waals surface area contributed by atoms with Gasteiger partial charge in [-0.25, -0.2) is 0 Å². The minimum absolute atomic E-state index is 0.266. The second-order valence-electron chi connectivity index (χ2n) is 4.92. The van der Waals surface area contributed by atoms with Crippen molar-refractivity contribution in [2.24, 2.45) is 5.73 Å². The molecular weight excluding hydrogens is 216 g/mol. The number of nitrogens with zero attached hydrogens (tertiary/aromatic N) is 3. The molecule has 0 unspecified atom stereocenters. The molecule has 1 aliphatic heterocycles. The van der Waals surface area contributed by atoms with E-state index in [4.69, 9.17) is 5.73 Å². The van der Waals surface area contributed by atoms with Crippen LogP contribution in [0.4, 0.5) is 0 Å². The first-order valence-corrected chi connectivity index (χ1v) is 6.48. The van der Waals surface area contributed by atoms with E-state index in [2.05, 4.69) is 23.9 Å². The lowest BCUT2D eigenvalue weighted by atomic mass is 10.2. The van der Waals surface area contributed by atoms with Gasteiger partial charge in [0.15, 0.2) is 0 Å². The molecule has 0 spiro atoms. The third-order valence-corrected chi connectivity index (χ3v) is 3.18. The van der Waals surface area contributed by atoms with Gasteiger partial charge >= 0.3 is 0 Å². The number of hydrogen-bond acceptors (Lipinski definition) is 4. The Bertz CT molecular complexity index is 225. The Morgan fingerprint density at radius 1 is 1.24 bits per heavy atom. The quantitative estimate of drug-likeness (QED) is 0.678. The lowest BCUT2D eigenvalue weighted by molar-refractivity contribution is -0.133. The van der Waals surface area contributed by atoms with Crippen molar-refractivity contribution >= 4 is 5.91 Å². The zero-order chi connectivity index (χ0) is 12.7. The molecule has 1 heterocycles. The molecule has 100 valence electrons. The van der Waals surface area contributed by atoms with Gasteiger partial charge in [0, 0.05) is 45.7 Å². The van der Waals surface area contributed by atoms with Crippen molar-refractivity contribution in [2.75, 3.05) is 59.9 Å². The Morgan fingerprint density at radius 3 is 2.41 bits per heavy atom. The molecule has 17 heavy (non-hydrogen) atoms. The van der Waals surface area contributed by atoms with Crippen LogP contribution in [-0.4, -0.2) is 80.5 Å². The van der Waals surface area contributed by atoms with E-state index in [0.717, 1.165) is 45.7 Å². The molecule has 1 amide bonds. The predicted molar refractivity (Wildman–Crippen MR) is 69.9 cm³/mol. The number of nitrogens with two attached hydrogens (primary N) is 1. The third kappa shape index (κ3) is 5.48. The highest BCUT2D eigenvalue weighted by atomic mass is 16.2. The van der Waals surface area contributed by atoms with E-state index >= 15 is 0 Å². The lowest BCUT2D eigenvalue weighted by Crippen LogP contribution is -2.50. The number of carbonyl (C=O) groups is 1. The first-order valence-electron chi connectivity index (χ1n) is 6.48. The van der Waals surface area contributed by atoms with Gasteiger partial charge in [-0.1, -0.05) is 0 Å². The summed E-state index contributed by atoms with van der Waals surface area (Å²) >= 11 is 0. The fourth-order valence-corrected chi connectivity index (χ4v) is 1.97. The molecule has 0 atom stereocenters. The maximum atomic E-state index is 11.8. The van der Waals surface area contributed by atoms with E-state index in [-0.39, 0.29) is 5.91 Å². The molecule has 5 heteroatoms. The average molecular weight is 242 g/mol. The largest absolute Gasteiger partial charge is 0.340 e. The van der Waals surface area contributed by atoms with Gasteiger partial charge < -0.3 is 15.5 Å². The molecule has 0 aromatic carbocycles.